The lowest BCUT2D eigenvalue weighted by Crippen LogP contribution is -2.35. The van der Waals surface area contributed by atoms with Crippen LogP contribution in [-0.2, 0) is 23.0 Å². The predicted octanol–water partition coefficient (Wildman–Crippen LogP) is 1.70. The van der Waals surface area contributed by atoms with Crippen LogP contribution < -0.4 is 5.32 Å². The number of hydrogen-bond donors (Lipinski definition) is 2. The lowest BCUT2D eigenvalue weighted by Gasteiger charge is -2.24. The van der Waals surface area contributed by atoms with Crippen LogP contribution in [0.1, 0.15) is 42.6 Å². The van der Waals surface area contributed by atoms with Gasteiger partial charge in [0.05, 0.1) is 0 Å². The van der Waals surface area contributed by atoms with Gasteiger partial charge in [-0.15, -0.1) is 0 Å². The molecule has 9 nitrogen and oxygen atoms in total. The third-order valence-electron chi connectivity index (χ3n) is 4.50. The number of H-pyrrole nitrogens is 1. The summed E-state index contributed by atoms with van der Waals surface area (Å²) in [7, 11) is -3.69. The Morgan fingerprint density at radius 3 is 2.78 bits per heavy atom. The molecule has 1 fully saturated rings. The van der Waals surface area contributed by atoms with E-state index >= 15 is 0 Å². The van der Waals surface area contributed by atoms with Crippen molar-refractivity contribution in [1.29, 1.82) is 0 Å². The van der Waals surface area contributed by atoms with E-state index in [1.54, 1.807) is 0 Å². The highest BCUT2D eigenvalue weighted by Crippen LogP contribution is 2.22. The molecule has 3 heterocycles. The minimum Gasteiger partial charge on any atom is -0.438 e. The van der Waals surface area contributed by atoms with Crippen molar-refractivity contribution in [2.75, 3.05) is 19.6 Å². The van der Waals surface area contributed by atoms with Gasteiger partial charge >= 0.3 is 0 Å². The van der Waals surface area contributed by atoms with E-state index < -0.39 is 15.9 Å². The minimum absolute atomic E-state index is 0.0278. The maximum atomic E-state index is 12.6. The Bertz CT molecular complexity index is 954. The number of carbonyl (C=O) groups excluding carboxylic acids is 1. The van der Waals surface area contributed by atoms with Crippen molar-refractivity contribution < 1.29 is 17.6 Å². The zero-order valence-corrected chi connectivity index (χ0v) is 16.7. The van der Waals surface area contributed by atoms with Crippen LogP contribution in [0.4, 0.5) is 0 Å². The van der Waals surface area contributed by atoms with Gasteiger partial charge in [-0.25, -0.2) is 8.42 Å². The fourth-order valence-corrected chi connectivity index (χ4v) is 4.76. The van der Waals surface area contributed by atoms with Gasteiger partial charge in [0, 0.05) is 32.6 Å². The van der Waals surface area contributed by atoms with Gasteiger partial charge in [0.1, 0.15) is 5.82 Å². The molecular weight excluding hydrogens is 390 g/mol. The number of sulfonamides is 1. The molecule has 0 radical (unpaired) electrons. The summed E-state index contributed by atoms with van der Waals surface area (Å²) in [6, 6.07) is 2.72. The maximum absolute atomic E-state index is 12.6. The van der Waals surface area contributed by atoms with E-state index in [2.05, 4.69) is 15.5 Å². The van der Waals surface area contributed by atoms with Gasteiger partial charge in [-0.2, -0.15) is 9.40 Å². The van der Waals surface area contributed by atoms with Crippen molar-refractivity contribution in [3.8, 4) is 0 Å². The van der Waals surface area contributed by atoms with E-state index in [4.69, 9.17) is 16.6 Å². The number of aromatic nitrogens is 3. The fourth-order valence-electron chi connectivity index (χ4n) is 3.06. The summed E-state index contributed by atoms with van der Waals surface area (Å²) >= 11 is 5.12. The van der Waals surface area contributed by atoms with Crippen LogP contribution >= 0.6 is 12.2 Å². The number of carbonyl (C=O) groups is 1. The lowest BCUT2D eigenvalue weighted by atomic mass is 10.2. The molecule has 0 aromatic carbocycles. The quantitative estimate of drug-likeness (QED) is 0.668. The summed E-state index contributed by atoms with van der Waals surface area (Å²) in [5, 5.41) is 9.37. The number of furan rings is 1. The highest BCUT2D eigenvalue weighted by atomic mass is 32.2. The molecule has 3 rings (SSSR count). The number of nitrogens with one attached hydrogen (secondary N) is 2. The van der Waals surface area contributed by atoms with Gasteiger partial charge in [0.2, 0.25) is 5.09 Å². The van der Waals surface area contributed by atoms with Crippen molar-refractivity contribution >= 4 is 28.1 Å². The molecule has 27 heavy (non-hydrogen) atoms. The number of aromatic amines is 1. The fraction of sp³-hybridized carbons (Fsp3) is 0.562. The zero-order valence-electron chi connectivity index (χ0n) is 15.1. The summed E-state index contributed by atoms with van der Waals surface area (Å²) in [4.78, 5) is 12.2. The molecular formula is C16H23N5O4S2. The van der Waals surface area contributed by atoms with Crippen LogP contribution in [0.3, 0.4) is 0 Å². The van der Waals surface area contributed by atoms with Crippen molar-refractivity contribution in [3.05, 3.63) is 28.5 Å². The van der Waals surface area contributed by atoms with Crippen LogP contribution in [0.15, 0.2) is 21.6 Å². The largest absolute Gasteiger partial charge is 0.438 e. The van der Waals surface area contributed by atoms with E-state index in [9.17, 15) is 13.2 Å². The number of amides is 1. The van der Waals surface area contributed by atoms with E-state index in [1.807, 2.05) is 11.5 Å². The molecule has 0 bridgehead atoms. The Kier molecular flexibility index (Phi) is 6.12. The maximum Gasteiger partial charge on any atom is 0.287 e. The van der Waals surface area contributed by atoms with Gasteiger partial charge in [-0.05, 0) is 44.1 Å². The standard InChI is InChI=1S/C16H23N5O4S2/c1-2-21-13(18-19-16(21)26)8-9-17-15(22)12-6-7-14(25-12)27(23,24)20-10-4-3-5-11-20/h6-7H,2-5,8-11H2,1H3,(H,17,22)(H,19,26). The predicted molar refractivity (Wildman–Crippen MR) is 100 cm³/mol. The van der Waals surface area contributed by atoms with E-state index in [-0.39, 0.29) is 10.9 Å². The zero-order chi connectivity index (χ0) is 19.4. The van der Waals surface area contributed by atoms with Gasteiger partial charge in [-0.1, -0.05) is 6.42 Å². The second-order valence-electron chi connectivity index (χ2n) is 6.28. The van der Waals surface area contributed by atoms with Gasteiger partial charge in [0.25, 0.3) is 15.9 Å². The molecule has 0 spiro atoms. The Morgan fingerprint density at radius 2 is 2.07 bits per heavy atom. The smallest absolute Gasteiger partial charge is 0.287 e. The molecule has 2 N–H and O–H groups in total. The Morgan fingerprint density at radius 1 is 1.33 bits per heavy atom. The number of rotatable bonds is 7. The van der Waals surface area contributed by atoms with Crippen molar-refractivity contribution in [1.82, 2.24) is 24.4 Å². The highest BCUT2D eigenvalue weighted by Gasteiger charge is 2.29. The van der Waals surface area contributed by atoms with Crippen LogP contribution in [0.25, 0.3) is 0 Å². The lowest BCUT2D eigenvalue weighted by molar-refractivity contribution is 0.0920. The second-order valence-corrected chi connectivity index (χ2v) is 8.53. The van der Waals surface area contributed by atoms with E-state index in [0.29, 0.717) is 37.4 Å². The Labute approximate surface area is 162 Å². The molecule has 0 unspecified atom stereocenters. The number of nitrogens with zero attached hydrogens (tertiary/aromatic N) is 3. The third kappa shape index (κ3) is 4.30. The number of hydrogen-bond acceptors (Lipinski definition) is 6. The first-order valence-electron chi connectivity index (χ1n) is 8.95. The van der Waals surface area contributed by atoms with Gasteiger partial charge < -0.3 is 14.3 Å². The first-order valence-corrected chi connectivity index (χ1v) is 10.8. The van der Waals surface area contributed by atoms with Crippen molar-refractivity contribution in [2.24, 2.45) is 0 Å². The summed E-state index contributed by atoms with van der Waals surface area (Å²) in [6.07, 6.45) is 3.19. The van der Waals surface area contributed by atoms with Crippen molar-refractivity contribution in [2.45, 2.75) is 44.2 Å². The normalized spacial score (nSPS) is 15.7. The van der Waals surface area contributed by atoms with Crippen LogP contribution in [0.5, 0.6) is 0 Å². The SMILES string of the molecule is CCn1c(CCNC(=O)c2ccc(S(=O)(=O)N3CCCCC3)o2)n[nH]c1=S. The molecule has 2 aromatic rings. The van der Waals surface area contributed by atoms with Crippen molar-refractivity contribution in [3.63, 3.8) is 0 Å². The molecule has 2 aromatic heterocycles. The third-order valence-corrected chi connectivity index (χ3v) is 6.59. The molecule has 1 saturated heterocycles. The molecule has 0 aliphatic carbocycles. The molecule has 0 saturated carbocycles. The first-order chi connectivity index (χ1) is 12.9. The molecule has 0 atom stereocenters. The molecule has 1 aliphatic rings. The molecule has 1 aliphatic heterocycles. The molecule has 148 valence electrons. The first kappa shape index (κ1) is 19.8. The highest BCUT2D eigenvalue weighted by molar-refractivity contribution is 7.89. The topological polar surface area (TPSA) is 113 Å². The van der Waals surface area contributed by atoms with Crippen LogP contribution in [0.2, 0.25) is 0 Å². The van der Waals surface area contributed by atoms with Crippen LogP contribution in [-0.4, -0.2) is 53.0 Å². The summed E-state index contributed by atoms with van der Waals surface area (Å²) < 4.78 is 34.3. The summed E-state index contributed by atoms with van der Waals surface area (Å²) in [6.45, 7) is 3.94. The minimum atomic E-state index is -3.69. The van der Waals surface area contributed by atoms with E-state index in [1.165, 1.54) is 16.4 Å². The molecule has 11 heteroatoms. The molecule has 1 amide bonds. The number of piperidine rings is 1. The second kappa shape index (κ2) is 8.36. The van der Waals surface area contributed by atoms with E-state index in [0.717, 1.165) is 25.1 Å². The summed E-state index contributed by atoms with van der Waals surface area (Å²) in [5.74, 6) is 0.253. The van der Waals surface area contributed by atoms with Gasteiger partial charge in [0.15, 0.2) is 10.5 Å². The Balaban J connectivity index is 1.60. The summed E-state index contributed by atoms with van der Waals surface area (Å²) in [5.41, 5.74) is 0. The van der Waals surface area contributed by atoms with Gasteiger partial charge in [-0.3, -0.25) is 9.89 Å². The Hall–Kier alpha value is -1.98. The monoisotopic (exact) mass is 413 g/mol. The average Bonchev–Trinajstić information content (AvgIpc) is 3.30. The average molecular weight is 414 g/mol. The van der Waals surface area contributed by atoms with Crippen LogP contribution in [0, 0.1) is 4.77 Å².